The zero-order valence-corrected chi connectivity index (χ0v) is 14.3. The molecule has 4 nitrogen and oxygen atoms in total. The van der Waals surface area contributed by atoms with E-state index in [1.165, 1.54) is 12.8 Å². The van der Waals surface area contributed by atoms with Gasteiger partial charge in [-0.2, -0.15) is 0 Å². The van der Waals surface area contributed by atoms with E-state index in [9.17, 15) is 4.79 Å². The zero-order valence-electron chi connectivity index (χ0n) is 14.3. The average Bonchev–Trinajstić information content (AvgIpc) is 3.52. The van der Waals surface area contributed by atoms with E-state index >= 15 is 0 Å². The van der Waals surface area contributed by atoms with Gasteiger partial charge in [0.2, 0.25) is 0 Å². The number of rotatable bonds is 5. The minimum Gasteiger partial charge on any atom is -0.365 e. The molecule has 0 unspecified atom stereocenters. The van der Waals surface area contributed by atoms with Crippen molar-refractivity contribution in [1.82, 2.24) is 10.2 Å². The summed E-state index contributed by atoms with van der Waals surface area (Å²) < 4.78 is 5.95. The van der Waals surface area contributed by atoms with Crippen molar-refractivity contribution in [2.75, 3.05) is 13.2 Å². The van der Waals surface area contributed by atoms with Crippen LogP contribution in [0.1, 0.15) is 30.0 Å². The van der Waals surface area contributed by atoms with Crippen LogP contribution in [0.25, 0.3) is 0 Å². The molecule has 0 spiro atoms. The van der Waals surface area contributed by atoms with Crippen molar-refractivity contribution in [2.24, 2.45) is 0 Å². The number of nitrogens with zero attached hydrogens (tertiary/aromatic N) is 1. The van der Waals surface area contributed by atoms with Gasteiger partial charge in [0.1, 0.15) is 0 Å². The molecule has 1 heterocycles. The fourth-order valence-corrected chi connectivity index (χ4v) is 3.63. The highest BCUT2D eigenvalue weighted by molar-refractivity contribution is 5.82. The van der Waals surface area contributed by atoms with E-state index < -0.39 is 6.10 Å². The van der Waals surface area contributed by atoms with Gasteiger partial charge in [-0.1, -0.05) is 60.7 Å². The standard InChI is InChI=1S/C21H24N2O2/c24-21(22-15-16-7-3-1-4-8-16)20-19(17-9-5-2-6-10-17)23(13-14-25-20)18-11-12-18/h1-10,18-20H,11-15H2,(H,22,24)/t19-,20+/m0/s1. The van der Waals surface area contributed by atoms with Crippen LogP contribution in [0.3, 0.4) is 0 Å². The highest BCUT2D eigenvalue weighted by atomic mass is 16.5. The molecule has 2 aliphatic rings. The molecular formula is C21H24N2O2. The van der Waals surface area contributed by atoms with Gasteiger partial charge >= 0.3 is 0 Å². The summed E-state index contributed by atoms with van der Waals surface area (Å²) in [5, 5.41) is 3.06. The molecule has 4 heteroatoms. The quantitative estimate of drug-likeness (QED) is 0.913. The Morgan fingerprint density at radius 3 is 2.40 bits per heavy atom. The first-order valence-corrected chi connectivity index (χ1v) is 9.07. The monoisotopic (exact) mass is 336 g/mol. The van der Waals surface area contributed by atoms with Crippen LogP contribution in [-0.4, -0.2) is 36.1 Å². The highest BCUT2D eigenvalue weighted by Crippen LogP contribution is 2.38. The van der Waals surface area contributed by atoms with Crippen molar-refractivity contribution in [3.05, 3.63) is 71.8 Å². The number of nitrogens with one attached hydrogen (secondary N) is 1. The van der Waals surface area contributed by atoms with Gasteiger partial charge in [0.25, 0.3) is 5.91 Å². The second kappa shape index (κ2) is 7.38. The van der Waals surface area contributed by atoms with Crippen molar-refractivity contribution < 1.29 is 9.53 Å². The minimum atomic E-state index is -0.458. The van der Waals surface area contributed by atoms with Crippen molar-refractivity contribution in [3.8, 4) is 0 Å². The average molecular weight is 336 g/mol. The molecule has 1 N–H and O–H groups in total. The van der Waals surface area contributed by atoms with E-state index in [-0.39, 0.29) is 11.9 Å². The van der Waals surface area contributed by atoms with Crippen LogP contribution in [0.2, 0.25) is 0 Å². The second-order valence-corrected chi connectivity index (χ2v) is 6.82. The largest absolute Gasteiger partial charge is 0.365 e. The summed E-state index contributed by atoms with van der Waals surface area (Å²) in [6.45, 7) is 2.04. The lowest BCUT2D eigenvalue weighted by atomic mass is 9.97. The molecule has 2 fully saturated rings. The summed E-state index contributed by atoms with van der Waals surface area (Å²) in [7, 11) is 0. The van der Waals surface area contributed by atoms with Gasteiger partial charge in [0.05, 0.1) is 12.6 Å². The number of hydrogen-bond donors (Lipinski definition) is 1. The predicted octanol–water partition coefficient (Wildman–Crippen LogP) is 2.91. The molecule has 130 valence electrons. The second-order valence-electron chi connectivity index (χ2n) is 6.82. The zero-order chi connectivity index (χ0) is 17.1. The van der Waals surface area contributed by atoms with Crippen LogP contribution in [0.15, 0.2) is 60.7 Å². The summed E-state index contributed by atoms with van der Waals surface area (Å²) in [6, 6.07) is 20.9. The Kier molecular flexibility index (Phi) is 4.81. The van der Waals surface area contributed by atoms with Crippen LogP contribution >= 0.6 is 0 Å². The number of amides is 1. The third-order valence-corrected chi connectivity index (χ3v) is 5.02. The molecule has 25 heavy (non-hydrogen) atoms. The predicted molar refractivity (Wildman–Crippen MR) is 96.9 cm³/mol. The van der Waals surface area contributed by atoms with Crippen LogP contribution in [-0.2, 0) is 16.1 Å². The molecule has 1 saturated carbocycles. The Hall–Kier alpha value is -2.17. The number of ether oxygens (including phenoxy) is 1. The number of carbonyl (C=O) groups is 1. The molecule has 1 saturated heterocycles. The van der Waals surface area contributed by atoms with Gasteiger partial charge in [0.15, 0.2) is 6.10 Å². The van der Waals surface area contributed by atoms with Crippen LogP contribution < -0.4 is 5.32 Å². The van der Waals surface area contributed by atoms with Gasteiger partial charge in [-0.25, -0.2) is 0 Å². The van der Waals surface area contributed by atoms with Crippen LogP contribution in [0.5, 0.6) is 0 Å². The Morgan fingerprint density at radius 2 is 1.72 bits per heavy atom. The molecule has 1 aliphatic carbocycles. The van der Waals surface area contributed by atoms with Gasteiger partial charge in [-0.3, -0.25) is 9.69 Å². The maximum absolute atomic E-state index is 12.9. The summed E-state index contributed by atoms with van der Waals surface area (Å²) in [4.78, 5) is 15.3. The van der Waals surface area contributed by atoms with Crippen LogP contribution in [0, 0.1) is 0 Å². The van der Waals surface area contributed by atoms with E-state index in [4.69, 9.17) is 4.74 Å². The fraction of sp³-hybridized carbons (Fsp3) is 0.381. The molecular weight excluding hydrogens is 312 g/mol. The molecule has 4 rings (SSSR count). The van der Waals surface area contributed by atoms with Gasteiger partial charge in [0, 0.05) is 19.1 Å². The first-order chi connectivity index (χ1) is 12.3. The Morgan fingerprint density at radius 1 is 1.04 bits per heavy atom. The lowest BCUT2D eigenvalue weighted by molar-refractivity contribution is -0.146. The minimum absolute atomic E-state index is 0.00165. The number of carbonyl (C=O) groups excluding carboxylic acids is 1. The Bertz CT molecular complexity index is 700. The van der Waals surface area contributed by atoms with E-state index in [0.717, 1.165) is 17.7 Å². The van der Waals surface area contributed by atoms with E-state index in [2.05, 4.69) is 22.3 Å². The molecule has 0 aromatic heterocycles. The summed E-state index contributed by atoms with van der Waals surface area (Å²) in [5.74, 6) is -0.0249. The van der Waals surface area contributed by atoms with E-state index in [1.54, 1.807) is 0 Å². The van der Waals surface area contributed by atoms with Crippen molar-refractivity contribution >= 4 is 5.91 Å². The summed E-state index contributed by atoms with van der Waals surface area (Å²) >= 11 is 0. The molecule has 1 amide bonds. The first kappa shape index (κ1) is 16.3. The maximum atomic E-state index is 12.9. The normalized spacial score (nSPS) is 24.0. The van der Waals surface area contributed by atoms with Gasteiger partial charge in [-0.05, 0) is 24.0 Å². The number of morpholine rings is 1. The molecule has 2 aromatic rings. The lowest BCUT2D eigenvalue weighted by Gasteiger charge is -2.41. The Balaban J connectivity index is 1.52. The lowest BCUT2D eigenvalue weighted by Crippen LogP contribution is -2.52. The third kappa shape index (κ3) is 3.75. The molecule has 2 aromatic carbocycles. The smallest absolute Gasteiger partial charge is 0.251 e. The Labute approximate surface area is 148 Å². The maximum Gasteiger partial charge on any atom is 0.251 e. The van der Waals surface area contributed by atoms with E-state index in [0.29, 0.717) is 19.2 Å². The molecule has 0 radical (unpaired) electrons. The third-order valence-electron chi connectivity index (χ3n) is 5.02. The summed E-state index contributed by atoms with van der Waals surface area (Å²) in [6.07, 6.45) is 1.99. The topological polar surface area (TPSA) is 41.6 Å². The molecule has 2 atom stereocenters. The number of hydrogen-bond acceptors (Lipinski definition) is 3. The first-order valence-electron chi connectivity index (χ1n) is 9.07. The van der Waals surface area contributed by atoms with Crippen molar-refractivity contribution in [1.29, 1.82) is 0 Å². The van der Waals surface area contributed by atoms with Gasteiger partial charge in [-0.15, -0.1) is 0 Å². The highest BCUT2D eigenvalue weighted by Gasteiger charge is 2.43. The van der Waals surface area contributed by atoms with Crippen LogP contribution in [0.4, 0.5) is 0 Å². The van der Waals surface area contributed by atoms with Gasteiger partial charge < -0.3 is 10.1 Å². The van der Waals surface area contributed by atoms with Crippen molar-refractivity contribution in [2.45, 2.75) is 37.6 Å². The number of benzene rings is 2. The molecule has 1 aliphatic heterocycles. The van der Waals surface area contributed by atoms with E-state index in [1.807, 2.05) is 48.5 Å². The molecule has 0 bridgehead atoms. The summed E-state index contributed by atoms with van der Waals surface area (Å²) in [5.41, 5.74) is 2.26. The van der Waals surface area contributed by atoms with Crippen molar-refractivity contribution in [3.63, 3.8) is 0 Å². The SMILES string of the molecule is O=C(NCc1ccccc1)[C@@H]1OCCN(C2CC2)[C@H]1c1ccccc1. The fourth-order valence-electron chi connectivity index (χ4n) is 3.63.